The van der Waals surface area contributed by atoms with Crippen LogP contribution in [0.25, 0.3) is 11.0 Å². The molecule has 0 atom stereocenters. The van der Waals surface area contributed by atoms with Crippen LogP contribution in [-0.4, -0.2) is 21.2 Å². The number of alkyl halides is 1. The molecule has 0 saturated carbocycles. The van der Waals surface area contributed by atoms with E-state index < -0.39 is 0 Å². The van der Waals surface area contributed by atoms with Crippen molar-refractivity contribution in [2.24, 2.45) is 0 Å². The fraction of sp³-hybridized carbons (Fsp3) is 0.385. The van der Waals surface area contributed by atoms with E-state index >= 15 is 0 Å². The summed E-state index contributed by atoms with van der Waals surface area (Å²) in [5, 5.41) is 3.81. The maximum Gasteiger partial charge on any atom is 0.323 e. The van der Waals surface area contributed by atoms with Crippen LogP contribution in [0.15, 0.2) is 23.0 Å². The van der Waals surface area contributed by atoms with Crippen LogP contribution in [0, 0.1) is 0 Å². The number of fused-ring (bicyclic) bond motifs is 1. The monoisotopic (exact) mass is 325 g/mol. The van der Waals surface area contributed by atoms with Gasteiger partial charge in [-0.15, -0.1) is 0 Å². The molecule has 0 spiro atoms. The first-order valence-electron chi connectivity index (χ1n) is 6.27. The van der Waals surface area contributed by atoms with Crippen LogP contribution in [0.4, 0.5) is 5.69 Å². The lowest BCUT2D eigenvalue weighted by molar-refractivity contribution is -0.116. The topological polar surface area (TPSA) is 77.8 Å². The number of nitrogens with one attached hydrogen (secondary N) is 3. The third-order valence-corrected chi connectivity index (χ3v) is 3.40. The van der Waals surface area contributed by atoms with E-state index in [1.54, 1.807) is 18.2 Å². The van der Waals surface area contributed by atoms with Crippen molar-refractivity contribution in [2.75, 3.05) is 10.6 Å². The number of anilines is 1. The van der Waals surface area contributed by atoms with E-state index in [1.807, 2.05) is 0 Å². The van der Waals surface area contributed by atoms with Gasteiger partial charge in [-0.1, -0.05) is 22.4 Å². The minimum Gasteiger partial charge on any atom is -0.326 e. The summed E-state index contributed by atoms with van der Waals surface area (Å²) in [6, 6.07) is 5.31. The molecule has 1 aromatic carbocycles. The Balaban J connectivity index is 1.93. The van der Waals surface area contributed by atoms with Gasteiger partial charge in [0.05, 0.1) is 11.0 Å². The summed E-state index contributed by atoms with van der Waals surface area (Å²) in [5.41, 5.74) is 1.89. The molecule has 2 aromatic rings. The Kier molecular flexibility index (Phi) is 4.79. The van der Waals surface area contributed by atoms with Crippen molar-refractivity contribution in [3.63, 3.8) is 0 Å². The third-order valence-electron chi connectivity index (χ3n) is 2.84. The summed E-state index contributed by atoms with van der Waals surface area (Å²) in [6.07, 6.45) is 3.54. The van der Waals surface area contributed by atoms with Crippen molar-refractivity contribution < 1.29 is 4.79 Å². The first-order chi connectivity index (χ1) is 9.19. The van der Waals surface area contributed by atoms with Crippen LogP contribution in [0.3, 0.4) is 0 Å². The first-order valence-corrected chi connectivity index (χ1v) is 7.39. The minimum atomic E-state index is -0.242. The molecule has 0 aliphatic heterocycles. The van der Waals surface area contributed by atoms with Gasteiger partial charge in [-0.2, -0.15) is 0 Å². The molecule has 19 heavy (non-hydrogen) atoms. The van der Waals surface area contributed by atoms with Crippen molar-refractivity contribution in [3.05, 3.63) is 28.7 Å². The molecule has 0 bridgehead atoms. The lowest BCUT2D eigenvalue weighted by Crippen LogP contribution is -2.10. The van der Waals surface area contributed by atoms with Crippen molar-refractivity contribution in [2.45, 2.75) is 25.7 Å². The number of aromatic amines is 2. The number of carbonyl (C=O) groups is 1. The minimum absolute atomic E-state index is 0.00630. The summed E-state index contributed by atoms with van der Waals surface area (Å²) in [4.78, 5) is 28.2. The van der Waals surface area contributed by atoms with Crippen LogP contribution in [0.2, 0.25) is 0 Å². The zero-order valence-corrected chi connectivity index (χ0v) is 12.0. The van der Waals surface area contributed by atoms with Gasteiger partial charge in [0.1, 0.15) is 0 Å². The second kappa shape index (κ2) is 6.56. The third kappa shape index (κ3) is 3.96. The molecule has 2 rings (SSSR count). The van der Waals surface area contributed by atoms with Crippen LogP contribution >= 0.6 is 15.9 Å². The highest BCUT2D eigenvalue weighted by Gasteiger charge is 2.04. The number of rotatable bonds is 6. The molecular weight excluding hydrogens is 310 g/mol. The number of hydrogen-bond acceptors (Lipinski definition) is 2. The number of aromatic nitrogens is 2. The smallest absolute Gasteiger partial charge is 0.323 e. The van der Waals surface area contributed by atoms with E-state index in [0.717, 1.165) is 30.1 Å². The van der Waals surface area contributed by atoms with E-state index in [9.17, 15) is 9.59 Å². The highest BCUT2D eigenvalue weighted by molar-refractivity contribution is 9.09. The Hall–Kier alpha value is -1.56. The van der Waals surface area contributed by atoms with Crippen LogP contribution < -0.4 is 11.0 Å². The summed E-state index contributed by atoms with van der Waals surface area (Å²) >= 11 is 3.36. The molecule has 102 valence electrons. The molecule has 6 heteroatoms. The van der Waals surface area contributed by atoms with Gasteiger partial charge in [-0.3, -0.25) is 4.79 Å². The van der Waals surface area contributed by atoms with E-state index in [0.29, 0.717) is 17.6 Å². The number of hydrogen-bond donors (Lipinski definition) is 3. The lowest BCUT2D eigenvalue weighted by Gasteiger charge is -2.04. The molecule has 3 N–H and O–H groups in total. The molecule has 0 fully saturated rings. The molecule has 1 heterocycles. The first kappa shape index (κ1) is 13.9. The second-order valence-electron chi connectivity index (χ2n) is 4.39. The van der Waals surface area contributed by atoms with Gasteiger partial charge in [0.25, 0.3) is 0 Å². The molecule has 0 radical (unpaired) electrons. The second-order valence-corrected chi connectivity index (χ2v) is 5.18. The quantitative estimate of drug-likeness (QED) is 0.564. The average Bonchev–Trinajstić information content (AvgIpc) is 2.74. The highest BCUT2D eigenvalue weighted by Crippen LogP contribution is 2.15. The number of amides is 1. The molecule has 1 amide bonds. The molecule has 0 unspecified atom stereocenters. The summed E-state index contributed by atoms with van der Waals surface area (Å²) in [5.74, 6) is 0.00630. The van der Waals surface area contributed by atoms with E-state index in [4.69, 9.17) is 0 Å². The van der Waals surface area contributed by atoms with Crippen molar-refractivity contribution in [1.82, 2.24) is 9.97 Å². The van der Waals surface area contributed by atoms with Gasteiger partial charge in [0.2, 0.25) is 5.91 Å². The molecule has 0 aliphatic rings. The standard InChI is InChI=1S/C13H16BrN3O2/c14-7-3-1-2-4-12(18)15-9-5-6-10-11(8-9)17-13(19)16-10/h5-6,8H,1-4,7H2,(H,15,18)(H2,16,17,19). The number of halogens is 1. The Labute approximate surface area is 118 Å². The number of imidazole rings is 1. The van der Waals surface area contributed by atoms with Crippen LogP contribution in [-0.2, 0) is 4.79 Å². The van der Waals surface area contributed by atoms with Gasteiger partial charge in [0, 0.05) is 17.4 Å². The molecular formula is C13H16BrN3O2. The Morgan fingerprint density at radius 2 is 1.95 bits per heavy atom. The highest BCUT2D eigenvalue weighted by atomic mass is 79.9. The SMILES string of the molecule is O=C(CCCCCBr)Nc1ccc2[nH]c(=O)[nH]c2c1. The van der Waals surface area contributed by atoms with Gasteiger partial charge in [-0.05, 0) is 31.0 Å². The van der Waals surface area contributed by atoms with E-state index in [1.165, 1.54) is 0 Å². The summed E-state index contributed by atoms with van der Waals surface area (Å²) < 4.78 is 0. The van der Waals surface area contributed by atoms with Crippen LogP contribution in [0.5, 0.6) is 0 Å². The summed E-state index contributed by atoms with van der Waals surface area (Å²) in [6.45, 7) is 0. The van der Waals surface area contributed by atoms with Crippen molar-refractivity contribution >= 4 is 38.6 Å². The van der Waals surface area contributed by atoms with Gasteiger partial charge in [-0.25, -0.2) is 4.79 Å². The molecule has 0 saturated heterocycles. The number of benzene rings is 1. The van der Waals surface area contributed by atoms with Crippen LogP contribution in [0.1, 0.15) is 25.7 Å². The number of carbonyl (C=O) groups excluding carboxylic acids is 1. The Morgan fingerprint density at radius 3 is 2.74 bits per heavy atom. The zero-order chi connectivity index (χ0) is 13.7. The Bertz CT molecular complexity index is 618. The number of unbranched alkanes of at least 4 members (excludes halogenated alkanes) is 2. The average molecular weight is 326 g/mol. The van der Waals surface area contributed by atoms with Crippen molar-refractivity contribution in [3.8, 4) is 0 Å². The Morgan fingerprint density at radius 1 is 1.16 bits per heavy atom. The molecule has 1 aromatic heterocycles. The number of H-pyrrole nitrogens is 2. The predicted molar refractivity (Wildman–Crippen MR) is 79.8 cm³/mol. The fourth-order valence-electron chi connectivity index (χ4n) is 1.89. The van der Waals surface area contributed by atoms with Gasteiger partial charge in [0.15, 0.2) is 0 Å². The maximum atomic E-state index is 11.7. The maximum absolute atomic E-state index is 11.7. The van der Waals surface area contributed by atoms with Gasteiger partial charge < -0.3 is 15.3 Å². The normalized spacial score (nSPS) is 10.8. The van der Waals surface area contributed by atoms with Gasteiger partial charge >= 0.3 is 5.69 Å². The van der Waals surface area contributed by atoms with E-state index in [-0.39, 0.29) is 11.6 Å². The largest absolute Gasteiger partial charge is 0.326 e. The summed E-state index contributed by atoms with van der Waals surface area (Å²) in [7, 11) is 0. The van der Waals surface area contributed by atoms with Crippen molar-refractivity contribution in [1.29, 1.82) is 0 Å². The predicted octanol–water partition coefficient (Wildman–Crippen LogP) is 2.75. The lowest BCUT2D eigenvalue weighted by atomic mass is 10.2. The molecule has 5 nitrogen and oxygen atoms in total. The zero-order valence-electron chi connectivity index (χ0n) is 10.5. The van der Waals surface area contributed by atoms with E-state index in [2.05, 4.69) is 31.2 Å². The fourth-order valence-corrected chi connectivity index (χ4v) is 2.29. The molecule has 0 aliphatic carbocycles.